The fourth-order valence-electron chi connectivity index (χ4n) is 3.66. The molecular weight excluding hydrogens is 357 g/mol. The summed E-state index contributed by atoms with van der Waals surface area (Å²) in [4.78, 5) is 18.2. The number of carbonyl (C=O) groups excluding carboxylic acids is 1. The van der Waals surface area contributed by atoms with E-state index in [1.54, 1.807) is 11.0 Å². The zero-order valence-corrected chi connectivity index (χ0v) is 17.1. The standard InChI is InChI=1S/C22H32FN3O2/c1-3-4-15-28-22(27)26-9-7-18(8-10-26)16-19-5-6-20(23)21(17-19)25-13-11-24(2)12-14-25/h5-6,16-17H,3-4,7-15H2,1-2H3. The number of hydrogen-bond acceptors (Lipinski definition) is 4. The maximum Gasteiger partial charge on any atom is 0.409 e. The van der Waals surface area contributed by atoms with Crippen LogP contribution in [0.4, 0.5) is 14.9 Å². The first-order chi connectivity index (χ1) is 13.6. The molecule has 2 aliphatic heterocycles. The summed E-state index contributed by atoms with van der Waals surface area (Å²) in [6.07, 6.45) is 5.55. The summed E-state index contributed by atoms with van der Waals surface area (Å²) < 4.78 is 19.7. The summed E-state index contributed by atoms with van der Waals surface area (Å²) in [5.74, 6) is -0.156. The summed E-state index contributed by atoms with van der Waals surface area (Å²) in [6.45, 7) is 7.55. The molecule has 0 unspecified atom stereocenters. The molecule has 3 rings (SSSR count). The maximum atomic E-state index is 14.4. The van der Waals surface area contributed by atoms with Crippen LogP contribution in [0.25, 0.3) is 6.08 Å². The number of ether oxygens (including phenoxy) is 1. The topological polar surface area (TPSA) is 36.0 Å². The van der Waals surface area contributed by atoms with Gasteiger partial charge in [0, 0.05) is 39.3 Å². The van der Waals surface area contributed by atoms with Gasteiger partial charge >= 0.3 is 6.09 Å². The Morgan fingerprint density at radius 2 is 1.86 bits per heavy atom. The Balaban J connectivity index is 1.59. The first-order valence-electron chi connectivity index (χ1n) is 10.4. The molecule has 1 amide bonds. The molecule has 0 aliphatic carbocycles. The van der Waals surface area contributed by atoms with Crippen molar-refractivity contribution in [3.8, 4) is 0 Å². The van der Waals surface area contributed by atoms with E-state index in [-0.39, 0.29) is 11.9 Å². The number of likely N-dealkylation sites (tertiary alicyclic amines) is 1. The van der Waals surface area contributed by atoms with Gasteiger partial charge in [-0.1, -0.05) is 31.1 Å². The quantitative estimate of drug-likeness (QED) is 0.714. The van der Waals surface area contributed by atoms with E-state index in [1.165, 1.54) is 5.57 Å². The molecule has 2 fully saturated rings. The Hall–Kier alpha value is -2.08. The summed E-state index contributed by atoms with van der Waals surface area (Å²) >= 11 is 0. The Morgan fingerprint density at radius 3 is 2.54 bits per heavy atom. The SMILES string of the molecule is CCCCOC(=O)N1CCC(=Cc2ccc(F)c(N3CCN(C)CC3)c2)CC1. The van der Waals surface area contributed by atoms with Gasteiger partial charge < -0.3 is 19.4 Å². The van der Waals surface area contributed by atoms with Gasteiger partial charge in [-0.25, -0.2) is 9.18 Å². The molecule has 1 aromatic carbocycles. The van der Waals surface area contributed by atoms with Gasteiger partial charge in [-0.2, -0.15) is 0 Å². The lowest BCUT2D eigenvalue weighted by molar-refractivity contribution is 0.0984. The third kappa shape index (κ3) is 5.47. The number of carbonyl (C=O) groups is 1. The van der Waals surface area contributed by atoms with Gasteiger partial charge in [0.2, 0.25) is 0 Å². The predicted octanol–water partition coefficient (Wildman–Crippen LogP) is 3.99. The molecule has 6 heteroatoms. The highest BCUT2D eigenvalue weighted by molar-refractivity contribution is 5.68. The number of unbranched alkanes of at least 4 members (excludes halogenated alkanes) is 1. The number of nitrogens with zero attached hydrogens (tertiary/aromatic N) is 3. The molecule has 154 valence electrons. The molecule has 2 aliphatic rings. The van der Waals surface area contributed by atoms with Crippen molar-refractivity contribution in [3.05, 3.63) is 35.2 Å². The largest absolute Gasteiger partial charge is 0.449 e. The molecule has 1 aromatic rings. The van der Waals surface area contributed by atoms with Crippen molar-refractivity contribution >= 4 is 17.9 Å². The number of amides is 1. The van der Waals surface area contributed by atoms with Gasteiger partial charge in [-0.15, -0.1) is 0 Å². The highest BCUT2D eigenvalue weighted by atomic mass is 19.1. The third-order valence-corrected chi connectivity index (χ3v) is 5.57. The van der Waals surface area contributed by atoms with Crippen LogP contribution in [0.3, 0.4) is 0 Å². The molecule has 2 heterocycles. The van der Waals surface area contributed by atoms with Crippen LogP contribution in [0.1, 0.15) is 38.2 Å². The number of rotatable bonds is 5. The summed E-state index contributed by atoms with van der Waals surface area (Å²) in [6, 6.07) is 5.37. The Kier molecular flexibility index (Phi) is 7.31. The van der Waals surface area contributed by atoms with E-state index in [9.17, 15) is 9.18 Å². The van der Waals surface area contributed by atoms with Gasteiger partial charge in [0.05, 0.1) is 12.3 Å². The first-order valence-corrected chi connectivity index (χ1v) is 10.4. The van der Waals surface area contributed by atoms with Crippen LogP contribution in [0.2, 0.25) is 0 Å². The van der Waals surface area contributed by atoms with E-state index in [1.807, 2.05) is 12.1 Å². The van der Waals surface area contributed by atoms with E-state index >= 15 is 0 Å². The zero-order chi connectivity index (χ0) is 19.9. The van der Waals surface area contributed by atoms with Crippen LogP contribution in [0.15, 0.2) is 23.8 Å². The summed E-state index contributed by atoms with van der Waals surface area (Å²) in [5, 5.41) is 0. The molecule has 0 aromatic heterocycles. The van der Waals surface area contributed by atoms with E-state index in [4.69, 9.17) is 4.74 Å². The number of benzene rings is 1. The Bertz CT molecular complexity index is 689. The minimum absolute atomic E-state index is 0.156. The molecule has 0 saturated carbocycles. The highest BCUT2D eigenvalue weighted by Gasteiger charge is 2.21. The fraction of sp³-hybridized carbons (Fsp3) is 0.591. The molecule has 0 atom stereocenters. The molecule has 0 spiro atoms. The van der Waals surface area contributed by atoms with Crippen molar-refractivity contribution in [3.63, 3.8) is 0 Å². The van der Waals surface area contributed by atoms with Gasteiger partial charge in [0.15, 0.2) is 0 Å². The van der Waals surface area contributed by atoms with E-state index in [0.29, 0.717) is 25.4 Å². The minimum atomic E-state index is -0.202. The number of likely N-dealkylation sites (N-methyl/N-ethyl adjacent to an activating group) is 1. The van der Waals surface area contributed by atoms with Crippen LogP contribution in [0.5, 0.6) is 0 Å². The Labute approximate surface area is 167 Å². The molecule has 2 saturated heterocycles. The average Bonchev–Trinajstić information content (AvgIpc) is 2.71. The number of hydrogen-bond donors (Lipinski definition) is 0. The van der Waals surface area contributed by atoms with Crippen LogP contribution in [-0.4, -0.2) is 68.8 Å². The van der Waals surface area contributed by atoms with Crippen LogP contribution < -0.4 is 4.90 Å². The molecule has 0 bridgehead atoms. The molecule has 0 N–H and O–H groups in total. The minimum Gasteiger partial charge on any atom is -0.449 e. The van der Waals surface area contributed by atoms with Crippen LogP contribution >= 0.6 is 0 Å². The van der Waals surface area contributed by atoms with Gasteiger partial charge in [0.25, 0.3) is 0 Å². The highest BCUT2D eigenvalue weighted by Crippen LogP contribution is 2.26. The van der Waals surface area contributed by atoms with Crippen LogP contribution in [-0.2, 0) is 4.74 Å². The van der Waals surface area contributed by atoms with Crippen molar-refractivity contribution < 1.29 is 13.9 Å². The summed E-state index contributed by atoms with van der Waals surface area (Å²) in [7, 11) is 2.10. The lowest BCUT2D eigenvalue weighted by Gasteiger charge is -2.34. The number of halogens is 1. The number of piperidine rings is 1. The second kappa shape index (κ2) is 9.92. The second-order valence-corrected chi connectivity index (χ2v) is 7.76. The first kappa shape index (κ1) is 20.6. The average molecular weight is 390 g/mol. The van der Waals surface area contributed by atoms with Gasteiger partial charge in [-0.3, -0.25) is 0 Å². The van der Waals surface area contributed by atoms with Crippen molar-refractivity contribution in [1.82, 2.24) is 9.80 Å². The molecular formula is C22H32FN3O2. The smallest absolute Gasteiger partial charge is 0.409 e. The van der Waals surface area contributed by atoms with E-state index in [2.05, 4.69) is 29.8 Å². The molecule has 0 radical (unpaired) electrons. The second-order valence-electron chi connectivity index (χ2n) is 7.76. The van der Waals surface area contributed by atoms with E-state index in [0.717, 1.165) is 57.4 Å². The number of anilines is 1. The van der Waals surface area contributed by atoms with Crippen molar-refractivity contribution in [2.45, 2.75) is 32.6 Å². The van der Waals surface area contributed by atoms with E-state index < -0.39 is 0 Å². The normalized spacial score (nSPS) is 18.3. The van der Waals surface area contributed by atoms with Crippen molar-refractivity contribution in [2.24, 2.45) is 0 Å². The number of piperazine rings is 1. The maximum absolute atomic E-state index is 14.4. The predicted molar refractivity (Wildman–Crippen MR) is 111 cm³/mol. The fourth-order valence-corrected chi connectivity index (χ4v) is 3.66. The lowest BCUT2D eigenvalue weighted by Crippen LogP contribution is -2.44. The van der Waals surface area contributed by atoms with Gasteiger partial charge in [0.1, 0.15) is 5.82 Å². The van der Waals surface area contributed by atoms with Crippen LogP contribution in [0, 0.1) is 5.82 Å². The van der Waals surface area contributed by atoms with Crippen molar-refractivity contribution in [2.75, 3.05) is 57.8 Å². The Morgan fingerprint density at radius 1 is 1.14 bits per heavy atom. The third-order valence-electron chi connectivity index (χ3n) is 5.57. The zero-order valence-electron chi connectivity index (χ0n) is 17.1. The summed E-state index contributed by atoms with van der Waals surface area (Å²) in [5.41, 5.74) is 3.03. The van der Waals surface area contributed by atoms with Crippen molar-refractivity contribution in [1.29, 1.82) is 0 Å². The van der Waals surface area contributed by atoms with Gasteiger partial charge in [-0.05, 0) is 44.0 Å². The monoisotopic (exact) mass is 389 g/mol. The lowest BCUT2D eigenvalue weighted by atomic mass is 10.0. The molecule has 28 heavy (non-hydrogen) atoms. The molecule has 5 nitrogen and oxygen atoms in total.